The van der Waals surface area contributed by atoms with E-state index in [0.717, 1.165) is 0 Å². The average Bonchev–Trinajstić information content (AvgIpc) is 2.42. The molecule has 5 heteroatoms. The zero-order valence-electron chi connectivity index (χ0n) is 9.92. The number of amides is 1. The van der Waals surface area contributed by atoms with E-state index in [-0.39, 0.29) is 17.3 Å². The molecule has 0 aliphatic heterocycles. The van der Waals surface area contributed by atoms with Gasteiger partial charge in [-0.3, -0.25) is 4.79 Å². The summed E-state index contributed by atoms with van der Waals surface area (Å²) in [5.41, 5.74) is 7.29. The fourth-order valence-corrected chi connectivity index (χ4v) is 1.55. The molecule has 0 unspecified atom stereocenters. The number of aromatic hydroxyl groups is 1. The van der Waals surface area contributed by atoms with Gasteiger partial charge in [0.1, 0.15) is 5.75 Å². The number of phenolic OH excluding ortho intramolecular Hbond substituents is 1. The van der Waals surface area contributed by atoms with Crippen LogP contribution in [0.5, 0.6) is 5.75 Å². The van der Waals surface area contributed by atoms with E-state index in [4.69, 9.17) is 11.0 Å². The highest BCUT2D eigenvalue weighted by atomic mass is 16.3. The van der Waals surface area contributed by atoms with Crippen molar-refractivity contribution in [2.45, 2.75) is 0 Å². The molecule has 2 rings (SSSR count). The number of carbonyl (C=O) groups excluding carboxylic acids is 1. The Hall–Kier alpha value is -3.00. The van der Waals surface area contributed by atoms with Crippen molar-refractivity contribution >= 4 is 17.3 Å². The first-order chi connectivity index (χ1) is 9.10. The van der Waals surface area contributed by atoms with E-state index in [1.807, 2.05) is 6.07 Å². The smallest absolute Gasteiger partial charge is 0.255 e. The highest BCUT2D eigenvalue weighted by molar-refractivity contribution is 6.05. The number of anilines is 2. The molecule has 0 spiro atoms. The molecule has 5 nitrogen and oxygen atoms in total. The summed E-state index contributed by atoms with van der Waals surface area (Å²) in [4.78, 5) is 11.9. The van der Waals surface area contributed by atoms with Gasteiger partial charge in [-0.05, 0) is 36.4 Å². The highest BCUT2D eigenvalue weighted by Gasteiger charge is 2.08. The van der Waals surface area contributed by atoms with Gasteiger partial charge in [-0.25, -0.2) is 0 Å². The molecule has 0 heterocycles. The van der Waals surface area contributed by atoms with Crippen molar-refractivity contribution in [1.29, 1.82) is 5.26 Å². The summed E-state index contributed by atoms with van der Waals surface area (Å²) < 4.78 is 0. The second-order valence-corrected chi connectivity index (χ2v) is 3.91. The van der Waals surface area contributed by atoms with Crippen LogP contribution in [0.15, 0.2) is 42.5 Å². The van der Waals surface area contributed by atoms with Crippen LogP contribution in [-0.2, 0) is 0 Å². The maximum absolute atomic E-state index is 11.9. The molecule has 19 heavy (non-hydrogen) atoms. The molecule has 4 N–H and O–H groups in total. The Morgan fingerprint density at radius 3 is 2.47 bits per heavy atom. The molecule has 0 fully saturated rings. The van der Waals surface area contributed by atoms with Crippen LogP contribution in [-0.4, -0.2) is 11.0 Å². The first-order valence-corrected chi connectivity index (χ1v) is 5.50. The molecular formula is C14H11N3O2. The number of carbonyl (C=O) groups is 1. The van der Waals surface area contributed by atoms with Crippen LogP contribution in [0, 0.1) is 11.3 Å². The summed E-state index contributed by atoms with van der Waals surface area (Å²) in [6, 6.07) is 12.5. The Morgan fingerprint density at radius 1 is 1.21 bits per heavy atom. The van der Waals surface area contributed by atoms with Crippen LogP contribution in [0.3, 0.4) is 0 Å². The zero-order valence-corrected chi connectivity index (χ0v) is 9.92. The molecule has 0 saturated heterocycles. The van der Waals surface area contributed by atoms with Gasteiger partial charge in [0.2, 0.25) is 0 Å². The molecule has 0 bridgehead atoms. The summed E-state index contributed by atoms with van der Waals surface area (Å²) in [6.07, 6.45) is 0. The van der Waals surface area contributed by atoms with Crippen molar-refractivity contribution in [3.8, 4) is 11.8 Å². The standard InChI is InChI=1S/C14H11N3O2/c15-8-9-1-3-10(4-2-9)14(19)17-13-6-5-11(18)7-12(13)16/h1-7,18H,16H2,(H,17,19). The van der Waals surface area contributed by atoms with E-state index >= 15 is 0 Å². The molecule has 2 aromatic carbocycles. The number of nitrogens with two attached hydrogens (primary N) is 1. The summed E-state index contributed by atoms with van der Waals surface area (Å²) >= 11 is 0. The third kappa shape index (κ3) is 2.82. The van der Waals surface area contributed by atoms with Crippen LogP contribution >= 0.6 is 0 Å². The maximum Gasteiger partial charge on any atom is 0.255 e. The number of nitrogens with one attached hydrogen (secondary N) is 1. The van der Waals surface area contributed by atoms with E-state index < -0.39 is 0 Å². The number of hydrogen-bond acceptors (Lipinski definition) is 4. The molecule has 0 aliphatic rings. The Kier molecular flexibility index (Phi) is 3.35. The van der Waals surface area contributed by atoms with Crippen LogP contribution in [0.1, 0.15) is 15.9 Å². The number of benzene rings is 2. The number of nitrogen functional groups attached to an aromatic ring is 1. The minimum absolute atomic E-state index is 0.0360. The summed E-state index contributed by atoms with van der Waals surface area (Å²) in [5.74, 6) is -0.296. The molecule has 2 aromatic rings. The van der Waals surface area contributed by atoms with E-state index in [0.29, 0.717) is 16.8 Å². The van der Waals surface area contributed by atoms with E-state index in [2.05, 4.69) is 5.32 Å². The molecule has 1 amide bonds. The fourth-order valence-electron chi connectivity index (χ4n) is 1.55. The van der Waals surface area contributed by atoms with Crippen LogP contribution in [0.2, 0.25) is 0 Å². The first kappa shape index (κ1) is 12.5. The SMILES string of the molecule is N#Cc1ccc(C(=O)Nc2ccc(O)cc2N)cc1. The van der Waals surface area contributed by atoms with Gasteiger partial charge in [0.25, 0.3) is 5.91 Å². The molecular weight excluding hydrogens is 242 g/mol. The molecule has 0 aliphatic carbocycles. The van der Waals surface area contributed by atoms with E-state index in [9.17, 15) is 9.90 Å². The van der Waals surface area contributed by atoms with Gasteiger partial charge in [-0.1, -0.05) is 0 Å². The predicted octanol–water partition coefficient (Wildman–Crippen LogP) is 2.10. The number of nitrogens with zero attached hydrogens (tertiary/aromatic N) is 1. The lowest BCUT2D eigenvalue weighted by Crippen LogP contribution is -2.13. The highest BCUT2D eigenvalue weighted by Crippen LogP contribution is 2.23. The van der Waals surface area contributed by atoms with Crippen LogP contribution in [0.4, 0.5) is 11.4 Å². The number of phenols is 1. The Morgan fingerprint density at radius 2 is 1.89 bits per heavy atom. The topological polar surface area (TPSA) is 99.1 Å². The fraction of sp³-hybridized carbons (Fsp3) is 0. The van der Waals surface area contributed by atoms with Gasteiger partial charge in [-0.15, -0.1) is 0 Å². The zero-order chi connectivity index (χ0) is 13.8. The van der Waals surface area contributed by atoms with Gasteiger partial charge in [-0.2, -0.15) is 5.26 Å². The van der Waals surface area contributed by atoms with E-state index in [1.165, 1.54) is 18.2 Å². The van der Waals surface area contributed by atoms with Gasteiger partial charge < -0.3 is 16.2 Å². The van der Waals surface area contributed by atoms with Crippen molar-refractivity contribution in [2.75, 3.05) is 11.1 Å². The maximum atomic E-state index is 11.9. The van der Waals surface area contributed by atoms with Gasteiger partial charge in [0.15, 0.2) is 0 Å². The van der Waals surface area contributed by atoms with Gasteiger partial charge in [0.05, 0.1) is 23.0 Å². The number of hydrogen-bond donors (Lipinski definition) is 3. The van der Waals surface area contributed by atoms with Gasteiger partial charge >= 0.3 is 0 Å². The van der Waals surface area contributed by atoms with Crippen LogP contribution < -0.4 is 11.1 Å². The number of rotatable bonds is 2. The van der Waals surface area contributed by atoms with Crippen molar-refractivity contribution < 1.29 is 9.90 Å². The third-order valence-electron chi connectivity index (χ3n) is 2.56. The lowest BCUT2D eigenvalue weighted by molar-refractivity contribution is 0.102. The van der Waals surface area contributed by atoms with Crippen LogP contribution in [0.25, 0.3) is 0 Å². The predicted molar refractivity (Wildman–Crippen MR) is 71.6 cm³/mol. The molecule has 0 radical (unpaired) electrons. The summed E-state index contributed by atoms with van der Waals surface area (Å²) in [6.45, 7) is 0. The summed E-state index contributed by atoms with van der Waals surface area (Å²) in [5, 5.41) is 20.5. The second-order valence-electron chi connectivity index (χ2n) is 3.91. The van der Waals surface area contributed by atoms with Gasteiger partial charge in [0, 0.05) is 11.6 Å². The van der Waals surface area contributed by atoms with Crippen molar-refractivity contribution in [2.24, 2.45) is 0 Å². The van der Waals surface area contributed by atoms with E-state index in [1.54, 1.807) is 24.3 Å². The summed E-state index contributed by atoms with van der Waals surface area (Å²) in [7, 11) is 0. The van der Waals surface area contributed by atoms with Crippen molar-refractivity contribution in [3.05, 3.63) is 53.6 Å². The molecule has 0 saturated carbocycles. The molecule has 94 valence electrons. The quantitative estimate of drug-likeness (QED) is 0.563. The first-order valence-electron chi connectivity index (χ1n) is 5.50. The Labute approximate surface area is 109 Å². The Balaban J connectivity index is 2.18. The third-order valence-corrected chi connectivity index (χ3v) is 2.56. The Bertz CT molecular complexity index is 657. The minimum atomic E-state index is -0.332. The van der Waals surface area contributed by atoms with Crippen molar-refractivity contribution in [3.63, 3.8) is 0 Å². The lowest BCUT2D eigenvalue weighted by Gasteiger charge is -2.08. The average molecular weight is 253 g/mol. The largest absolute Gasteiger partial charge is 0.508 e. The minimum Gasteiger partial charge on any atom is -0.508 e. The van der Waals surface area contributed by atoms with Crippen molar-refractivity contribution in [1.82, 2.24) is 0 Å². The number of nitriles is 1. The molecule has 0 aromatic heterocycles. The monoisotopic (exact) mass is 253 g/mol. The lowest BCUT2D eigenvalue weighted by atomic mass is 10.1. The second kappa shape index (κ2) is 5.10. The normalized spacial score (nSPS) is 9.63. The molecule has 0 atom stereocenters.